The van der Waals surface area contributed by atoms with Gasteiger partial charge < -0.3 is 4.74 Å². The summed E-state index contributed by atoms with van der Waals surface area (Å²) in [6, 6.07) is 10.7. The first kappa shape index (κ1) is 15.2. The molecule has 1 aliphatic heterocycles. The van der Waals surface area contributed by atoms with Crippen LogP contribution in [0, 0.1) is 0 Å². The van der Waals surface area contributed by atoms with Crippen molar-refractivity contribution in [2.24, 2.45) is 0 Å². The Morgan fingerprint density at radius 2 is 1.96 bits per heavy atom. The first-order valence-corrected chi connectivity index (χ1v) is 8.08. The maximum absolute atomic E-state index is 13.5. The van der Waals surface area contributed by atoms with Crippen molar-refractivity contribution in [2.75, 3.05) is 6.61 Å². The summed E-state index contributed by atoms with van der Waals surface area (Å²) in [5.74, 6) is 0. The number of hydrogen-bond donors (Lipinski definition) is 0. The van der Waals surface area contributed by atoms with Crippen molar-refractivity contribution in [1.29, 1.82) is 0 Å². The van der Waals surface area contributed by atoms with Gasteiger partial charge in [-0.25, -0.2) is 18.4 Å². The van der Waals surface area contributed by atoms with Crippen molar-refractivity contribution in [3.8, 4) is 11.3 Å². The summed E-state index contributed by atoms with van der Waals surface area (Å²) >= 11 is 0. The number of rotatable bonds is 3. The second kappa shape index (κ2) is 6.28. The van der Waals surface area contributed by atoms with Crippen LogP contribution in [0.2, 0.25) is 0 Å². The van der Waals surface area contributed by atoms with Crippen LogP contribution in [0.4, 0.5) is 8.78 Å². The van der Waals surface area contributed by atoms with E-state index in [0.29, 0.717) is 23.3 Å². The van der Waals surface area contributed by atoms with Crippen molar-refractivity contribution in [3.63, 3.8) is 0 Å². The Bertz CT molecular complexity index is 842. The predicted octanol–water partition coefficient (Wildman–Crippen LogP) is 4.74. The van der Waals surface area contributed by atoms with E-state index >= 15 is 0 Å². The third-order valence-electron chi connectivity index (χ3n) is 4.34. The van der Waals surface area contributed by atoms with Crippen LogP contribution < -0.4 is 0 Å². The first-order valence-electron chi connectivity index (χ1n) is 8.08. The zero-order chi connectivity index (χ0) is 16.5. The van der Waals surface area contributed by atoms with Gasteiger partial charge in [-0.05, 0) is 25.3 Å². The molecule has 0 saturated carbocycles. The number of benzene rings is 1. The van der Waals surface area contributed by atoms with Gasteiger partial charge in [0.05, 0.1) is 5.39 Å². The highest BCUT2D eigenvalue weighted by Gasteiger charge is 2.26. The molecule has 1 fully saturated rings. The Hall–Kier alpha value is -2.34. The molecular formula is C18H17F2N3O. The minimum Gasteiger partial charge on any atom is -0.356 e. The topological polar surface area (TPSA) is 39.9 Å². The number of halogens is 2. The predicted molar refractivity (Wildman–Crippen MR) is 86.8 cm³/mol. The molecule has 0 bridgehead atoms. The third kappa shape index (κ3) is 2.57. The van der Waals surface area contributed by atoms with E-state index in [4.69, 9.17) is 4.74 Å². The number of pyridine rings is 1. The molecule has 0 N–H and O–H groups in total. The van der Waals surface area contributed by atoms with Crippen LogP contribution >= 0.6 is 0 Å². The fourth-order valence-electron chi connectivity index (χ4n) is 3.18. The zero-order valence-electron chi connectivity index (χ0n) is 13.0. The Morgan fingerprint density at radius 1 is 1.12 bits per heavy atom. The molecule has 0 radical (unpaired) electrons. The summed E-state index contributed by atoms with van der Waals surface area (Å²) in [6.45, 7) is 0.654. The minimum absolute atomic E-state index is 0.0408. The summed E-state index contributed by atoms with van der Waals surface area (Å²) < 4.78 is 34.6. The Morgan fingerprint density at radius 3 is 2.67 bits per heavy atom. The average molecular weight is 329 g/mol. The van der Waals surface area contributed by atoms with E-state index < -0.39 is 6.43 Å². The SMILES string of the molecule is FC(F)c1ccnc2c1c(-c1ccccc1)nn2C1CCCCO1. The van der Waals surface area contributed by atoms with Crippen molar-refractivity contribution >= 4 is 11.0 Å². The molecule has 1 aromatic carbocycles. The van der Waals surface area contributed by atoms with Gasteiger partial charge in [0, 0.05) is 23.9 Å². The van der Waals surface area contributed by atoms with E-state index in [-0.39, 0.29) is 11.8 Å². The van der Waals surface area contributed by atoms with E-state index in [9.17, 15) is 8.78 Å². The van der Waals surface area contributed by atoms with Crippen LogP contribution in [0.5, 0.6) is 0 Å². The Kier molecular flexibility index (Phi) is 3.98. The molecule has 1 unspecified atom stereocenters. The maximum atomic E-state index is 13.5. The van der Waals surface area contributed by atoms with Crippen LogP contribution in [0.15, 0.2) is 42.6 Å². The number of alkyl halides is 2. The van der Waals surface area contributed by atoms with E-state index in [2.05, 4.69) is 10.1 Å². The lowest BCUT2D eigenvalue weighted by Gasteiger charge is -2.23. The minimum atomic E-state index is -2.58. The molecule has 24 heavy (non-hydrogen) atoms. The maximum Gasteiger partial charge on any atom is 0.264 e. The molecule has 3 aromatic rings. The summed E-state index contributed by atoms with van der Waals surface area (Å²) in [4.78, 5) is 4.33. The molecule has 1 saturated heterocycles. The zero-order valence-corrected chi connectivity index (χ0v) is 13.0. The highest BCUT2D eigenvalue weighted by molar-refractivity contribution is 5.94. The van der Waals surface area contributed by atoms with Gasteiger partial charge in [-0.15, -0.1) is 0 Å². The standard InChI is InChI=1S/C18H17F2N3O/c19-17(20)13-9-10-21-18-15(13)16(12-6-2-1-3-7-12)22-23(18)14-8-4-5-11-24-14/h1-3,6-7,9-10,14,17H,4-5,8,11H2. The fraction of sp³-hybridized carbons (Fsp3) is 0.333. The summed E-state index contributed by atoms with van der Waals surface area (Å²) in [5.41, 5.74) is 1.74. The van der Waals surface area contributed by atoms with Gasteiger partial charge in [-0.2, -0.15) is 5.10 Å². The van der Waals surface area contributed by atoms with Crippen LogP contribution in [0.3, 0.4) is 0 Å². The molecule has 1 atom stereocenters. The van der Waals surface area contributed by atoms with Crippen LogP contribution in [-0.2, 0) is 4.74 Å². The molecule has 1 aliphatic rings. The van der Waals surface area contributed by atoms with Gasteiger partial charge in [0.1, 0.15) is 5.69 Å². The van der Waals surface area contributed by atoms with E-state index in [1.54, 1.807) is 4.68 Å². The Balaban J connectivity index is 1.96. The normalized spacial score (nSPS) is 18.4. The second-order valence-corrected chi connectivity index (χ2v) is 5.88. The highest BCUT2D eigenvalue weighted by Crippen LogP contribution is 2.36. The van der Waals surface area contributed by atoms with Gasteiger partial charge in [0.25, 0.3) is 6.43 Å². The molecule has 4 rings (SSSR count). The molecule has 3 heterocycles. The fourth-order valence-corrected chi connectivity index (χ4v) is 3.18. The first-order chi connectivity index (χ1) is 11.8. The van der Waals surface area contributed by atoms with Gasteiger partial charge in [-0.1, -0.05) is 30.3 Å². The number of aromatic nitrogens is 3. The number of hydrogen-bond acceptors (Lipinski definition) is 3. The van der Waals surface area contributed by atoms with Crippen molar-refractivity contribution in [2.45, 2.75) is 31.9 Å². The number of fused-ring (bicyclic) bond motifs is 1. The lowest BCUT2D eigenvalue weighted by atomic mass is 10.1. The van der Waals surface area contributed by atoms with Gasteiger partial charge in [0.15, 0.2) is 11.9 Å². The van der Waals surface area contributed by atoms with Crippen LogP contribution in [-0.4, -0.2) is 21.4 Å². The molecule has 0 spiro atoms. The van der Waals surface area contributed by atoms with Gasteiger partial charge in [-0.3, -0.25) is 0 Å². The lowest BCUT2D eigenvalue weighted by Crippen LogP contribution is -2.19. The molecule has 4 nitrogen and oxygen atoms in total. The van der Waals surface area contributed by atoms with Gasteiger partial charge in [0.2, 0.25) is 0 Å². The monoisotopic (exact) mass is 329 g/mol. The largest absolute Gasteiger partial charge is 0.356 e. The number of nitrogens with zero attached hydrogens (tertiary/aromatic N) is 3. The molecule has 0 amide bonds. The molecule has 124 valence electrons. The van der Waals surface area contributed by atoms with Gasteiger partial charge >= 0.3 is 0 Å². The summed E-state index contributed by atoms with van der Waals surface area (Å²) in [7, 11) is 0. The second-order valence-electron chi connectivity index (χ2n) is 5.88. The smallest absolute Gasteiger partial charge is 0.264 e. The highest BCUT2D eigenvalue weighted by atomic mass is 19.3. The summed E-state index contributed by atoms with van der Waals surface area (Å²) in [6.07, 6.45) is 1.44. The van der Waals surface area contributed by atoms with E-state index in [1.165, 1.54) is 12.3 Å². The lowest BCUT2D eigenvalue weighted by molar-refractivity contribution is -0.0368. The average Bonchev–Trinajstić information content (AvgIpc) is 3.03. The molecule has 6 heteroatoms. The molecular weight excluding hydrogens is 312 g/mol. The quantitative estimate of drug-likeness (QED) is 0.697. The summed E-state index contributed by atoms with van der Waals surface area (Å²) in [5, 5.41) is 5.03. The van der Waals surface area contributed by atoms with Crippen molar-refractivity contribution < 1.29 is 13.5 Å². The Labute approximate surface area is 138 Å². The van der Waals surface area contributed by atoms with Crippen molar-refractivity contribution in [3.05, 3.63) is 48.2 Å². The van der Waals surface area contributed by atoms with Crippen molar-refractivity contribution in [1.82, 2.24) is 14.8 Å². The van der Waals surface area contributed by atoms with Crippen LogP contribution in [0.25, 0.3) is 22.3 Å². The van der Waals surface area contributed by atoms with Crippen LogP contribution in [0.1, 0.15) is 37.5 Å². The molecule has 0 aliphatic carbocycles. The third-order valence-corrected chi connectivity index (χ3v) is 4.34. The van der Waals surface area contributed by atoms with E-state index in [0.717, 1.165) is 24.8 Å². The molecule has 2 aromatic heterocycles. The van der Waals surface area contributed by atoms with E-state index in [1.807, 2.05) is 30.3 Å². The number of ether oxygens (including phenoxy) is 1.